The fourth-order valence-corrected chi connectivity index (χ4v) is 3.37. The molecule has 1 aromatic rings. The highest BCUT2D eigenvalue weighted by atomic mass is 16.2. The molecule has 1 saturated carbocycles. The predicted molar refractivity (Wildman–Crippen MR) is 68.9 cm³/mol. The van der Waals surface area contributed by atoms with Gasteiger partial charge in [0.05, 0.1) is 5.41 Å². The normalized spacial score (nSPS) is 23.3. The van der Waals surface area contributed by atoms with Gasteiger partial charge in [0, 0.05) is 12.2 Å². The van der Waals surface area contributed by atoms with Crippen molar-refractivity contribution in [2.24, 2.45) is 5.41 Å². The van der Waals surface area contributed by atoms with Crippen molar-refractivity contribution in [3.8, 4) is 0 Å². The Morgan fingerprint density at radius 3 is 2.35 bits per heavy atom. The van der Waals surface area contributed by atoms with Gasteiger partial charge in [0.2, 0.25) is 5.91 Å². The highest BCUT2D eigenvalue weighted by Crippen LogP contribution is 2.45. The van der Waals surface area contributed by atoms with Gasteiger partial charge in [-0.1, -0.05) is 37.5 Å². The van der Waals surface area contributed by atoms with Crippen LogP contribution in [-0.4, -0.2) is 12.5 Å². The van der Waals surface area contributed by atoms with E-state index in [1.165, 1.54) is 19.3 Å². The van der Waals surface area contributed by atoms with Crippen LogP contribution in [0.25, 0.3) is 0 Å². The van der Waals surface area contributed by atoms with Gasteiger partial charge in [-0.2, -0.15) is 0 Å². The average Bonchev–Trinajstić information content (AvgIpc) is 2.70. The topological polar surface area (TPSA) is 20.3 Å². The van der Waals surface area contributed by atoms with E-state index in [0.717, 1.165) is 31.5 Å². The van der Waals surface area contributed by atoms with Crippen molar-refractivity contribution in [2.45, 2.75) is 38.5 Å². The van der Waals surface area contributed by atoms with Crippen molar-refractivity contribution < 1.29 is 4.79 Å². The van der Waals surface area contributed by atoms with Crippen LogP contribution in [0, 0.1) is 5.41 Å². The van der Waals surface area contributed by atoms with Crippen LogP contribution >= 0.6 is 0 Å². The number of amides is 1. The van der Waals surface area contributed by atoms with E-state index in [9.17, 15) is 4.79 Å². The van der Waals surface area contributed by atoms with E-state index in [1.807, 2.05) is 35.2 Å². The summed E-state index contributed by atoms with van der Waals surface area (Å²) in [4.78, 5) is 14.6. The third-order valence-corrected chi connectivity index (χ3v) is 4.39. The molecule has 2 heteroatoms. The molecule has 2 fully saturated rings. The summed E-state index contributed by atoms with van der Waals surface area (Å²) in [6.45, 7) is 0.906. The average molecular weight is 229 g/mol. The van der Waals surface area contributed by atoms with Crippen molar-refractivity contribution in [3.05, 3.63) is 30.3 Å². The second-order valence-corrected chi connectivity index (χ2v) is 5.38. The Morgan fingerprint density at radius 1 is 0.941 bits per heavy atom. The van der Waals surface area contributed by atoms with Crippen LogP contribution in [0.2, 0.25) is 0 Å². The van der Waals surface area contributed by atoms with Crippen LogP contribution in [0.5, 0.6) is 0 Å². The molecule has 0 aromatic heterocycles. The first-order valence-corrected chi connectivity index (χ1v) is 6.69. The summed E-state index contributed by atoms with van der Waals surface area (Å²) in [5, 5.41) is 0. The van der Waals surface area contributed by atoms with E-state index in [4.69, 9.17) is 0 Å². The Bertz CT molecular complexity index is 406. The maximum atomic E-state index is 12.6. The number of benzene rings is 1. The number of hydrogen-bond acceptors (Lipinski definition) is 1. The van der Waals surface area contributed by atoms with E-state index >= 15 is 0 Å². The van der Waals surface area contributed by atoms with Gasteiger partial charge in [-0.25, -0.2) is 0 Å². The van der Waals surface area contributed by atoms with Crippen molar-refractivity contribution in [3.63, 3.8) is 0 Å². The predicted octanol–water partition coefficient (Wildman–Crippen LogP) is 3.37. The molecular weight excluding hydrogens is 210 g/mol. The summed E-state index contributed by atoms with van der Waals surface area (Å²) in [6.07, 6.45) is 7.04. The van der Waals surface area contributed by atoms with E-state index in [1.54, 1.807) is 0 Å². The minimum absolute atomic E-state index is 0.00586. The fourth-order valence-electron chi connectivity index (χ4n) is 3.37. The second-order valence-electron chi connectivity index (χ2n) is 5.38. The molecule has 0 radical (unpaired) electrons. The zero-order chi connectivity index (χ0) is 11.7. The Hall–Kier alpha value is -1.31. The van der Waals surface area contributed by atoms with E-state index in [-0.39, 0.29) is 5.41 Å². The number of carbonyl (C=O) groups excluding carboxylic acids is 1. The maximum Gasteiger partial charge on any atom is 0.233 e. The number of carbonyl (C=O) groups is 1. The van der Waals surface area contributed by atoms with Crippen molar-refractivity contribution in [2.75, 3.05) is 11.4 Å². The molecule has 90 valence electrons. The molecule has 1 saturated heterocycles. The standard InChI is InChI=1S/C15H19NO/c17-14-15(9-5-2-6-10-15)11-12-16(14)13-7-3-1-4-8-13/h1,3-4,7-8H,2,5-6,9-12H2. The van der Waals surface area contributed by atoms with Gasteiger partial charge in [0.15, 0.2) is 0 Å². The first-order valence-electron chi connectivity index (χ1n) is 6.69. The third-order valence-electron chi connectivity index (χ3n) is 4.39. The zero-order valence-electron chi connectivity index (χ0n) is 10.2. The molecule has 3 rings (SSSR count). The summed E-state index contributed by atoms with van der Waals surface area (Å²) in [5.41, 5.74) is 1.06. The molecule has 1 aromatic carbocycles. The monoisotopic (exact) mass is 229 g/mol. The molecule has 0 bridgehead atoms. The molecule has 1 spiro atoms. The number of nitrogens with zero attached hydrogens (tertiary/aromatic N) is 1. The summed E-state index contributed by atoms with van der Waals surface area (Å²) in [5.74, 6) is 0.378. The fraction of sp³-hybridized carbons (Fsp3) is 0.533. The molecule has 1 aliphatic carbocycles. The van der Waals surface area contributed by atoms with E-state index in [2.05, 4.69) is 0 Å². The van der Waals surface area contributed by atoms with E-state index < -0.39 is 0 Å². The lowest BCUT2D eigenvalue weighted by Gasteiger charge is -2.31. The molecule has 0 unspecified atom stereocenters. The molecule has 0 N–H and O–H groups in total. The zero-order valence-corrected chi connectivity index (χ0v) is 10.2. The third kappa shape index (κ3) is 1.76. The van der Waals surface area contributed by atoms with Crippen molar-refractivity contribution in [1.82, 2.24) is 0 Å². The quantitative estimate of drug-likeness (QED) is 0.723. The Kier molecular flexibility index (Phi) is 2.65. The molecule has 1 aliphatic heterocycles. The summed E-state index contributed by atoms with van der Waals surface area (Å²) >= 11 is 0. The van der Waals surface area contributed by atoms with Gasteiger partial charge in [-0.05, 0) is 31.4 Å². The van der Waals surface area contributed by atoms with Gasteiger partial charge in [-0.3, -0.25) is 4.79 Å². The lowest BCUT2D eigenvalue weighted by Crippen LogP contribution is -2.36. The van der Waals surface area contributed by atoms with Gasteiger partial charge in [-0.15, -0.1) is 0 Å². The van der Waals surface area contributed by atoms with Crippen molar-refractivity contribution in [1.29, 1.82) is 0 Å². The number of anilines is 1. The first kappa shape index (κ1) is 10.8. The van der Waals surface area contributed by atoms with E-state index in [0.29, 0.717) is 5.91 Å². The SMILES string of the molecule is O=C1N(c2ccccc2)CCC12CCCCC2. The molecule has 0 atom stereocenters. The van der Waals surface area contributed by atoms with Crippen LogP contribution < -0.4 is 4.90 Å². The highest BCUT2D eigenvalue weighted by molar-refractivity contribution is 5.99. The molecule has 2 nitrogen and oxygen atoms in total. The van der Waals surface area contributed by atoms with Crippen molar-refractivity contribution >= 4 is 11.6 Å². The highest BCUT2D eigenvalue weighted by Gasteiger charge is 2.46. The number of rotatable bonds is 1. The first-order chi connectivity index (χ1) is 8.32. The Labute approximate surface area is 103 Å². The molecule has 17 heavy (non-hydrogen) atoms. The van der Waals surface area contributed by atoms with Gasteiger partial charge in [0.25, 0.3) is 0 Å². The second kappa shape index (κ2) is 4.17. The summed E-state index contributed by atoms with van der Waals surface area (Å²) in [7, 11) is 0. The minimum atomic E-state index is -0.00586. The maximum absolute atomic E-state index is 12.6. The number of para-hydroxylation sites is 1. The van der Waals surface area contributed by atoms with Gasteiger partial charge < -0.3 is 4.90 Å². The summed E-state index contributed by atoms with van der Waals surface area (Å²) in [6, 6.07) is 10.1. The Balaban J connectivity index is 1.85. The van der Waals surface area contributed by atoms with Crippen LogP contribution in [0.1, 0.15) is 38.5 Å². The number of hydrogen-bond donors (Lipinski definition) is 0. The minimum Gasteiger partial charge on any atom is -0.312 e. The van der Waals surface area contributed by atoms with Crippen LogP contribution in [-0.2, 0) is 4.79 Å². The Morgan fingerprint density at radius 2 is 1.65 bits per heavy atom. The summed E-state index contributed by atoms with van der Waals surface area (Å²) < 4.78 is 0. The van der Waals surface area contributed by atoms with Crippen LogP contribution in [0.3, 0.4) is 0 Å². The van der Waals surface area contributed by atoms with Crippen LogP contribution in [0.4, 0.5) is 5.69 Å². The molecular formula is C15H19NO. The van der Waals surface area contributed by atoms with Crippen LogP contribution in [0.15, 0.2) is 30.3 Å². The largest absolute Gasteiger partial charge is 0.312 e. The lowest BCUT2D eigenvalue weighted by molar-refractivity contribution is -0.127. The van der Waals surface area contributed by atoms with Gasteiger partial charge >= 0.3 is 0 Å². The molecule has 1 amide bonds. The molecule has 2 aliphatic rings. The molecule has 1 heterocycles. The van der Waals surface area contributed by atoms with Gasteiger partial charge in [0.1, 0.15) is 0 Å². The smallest absolute Gasteiger partial charge is 0.233 e. The lowest BCUT2D eigenvalue weighted by atomic mass is 9.73.